The fourth-order valence-corrected chi connectivity index (χ4v) is 5.21. The molecule has 3 aliphatic rings. The number of ether oxygens (including phenoxy) is 1. The minimum absolute atomic E-state index is 0.215. The lowest BCUT2D eigenvalue weighted by atomic mass is 9.87. The SMILES string of the molecule is CS(=O)(=O)CCN1CCC2(CC1)CN(CC1CCCCC1)C(=O)CCO2. The molecule has 0 aromatic carbocycles. The van der Waals surface area contributed by atoms with Crippen LogP contribution in [0.4, 0.5) is 0 Å². The average Bonchev–Trinajstić information content (AvgIpc) is 2.74. The van der Waals surface area contributed by atoms with Crippen LogP contribution in [0, 0.1) is 5.92 Å². The third-order valence-corrected chi connectivity index (χ3v) is 7.23. The molecular weight excluding hydrogens is 352 g/mol. The molecule has 0 aromatic heterocycles. The maximum Gasteiger partial charge on any atom is 0.224 e. The lowest BCUT2D eigenvalue weighted by Gasteiger charge is -2.43. The first kappa shape index (κ1) is 20.1. The minimum Gasteiger partial charge on any atom is -0.373 e. The Kier molecular flexibility index (Phi) is 6.62. The van der Waals surface area contributed by atoms with Crippen LogP contribution in [0.1, 0.15) is 51.4 Å². The van der Waals surface area contributed by atoms with Gasteiger partial charge in [-0.2, -0.15) is 0 Å². The van der Waals surface area contributed by atoms with E-state index in [1.807, 2.05) is 0 Å². The van der Waals surface area contributed by atoms with Crippen LogP contribution in [-0.2, 0) is 19.4 Å². The molecule has 0 aromatic rings. The van der Waals surface area contributed by atoms with Crippen molar-refractivity contribution in [2.24, 2.45) is 5.92 Å². The summed E-state index contributed by atoms with van der Waals surface area (Å²) in [5.41, 5.74) is -0.234. The largest absolute Gasteiger partial charge is 0.373 e. The lowest BCUT2D eigenvalue weighted by Crippen LogP contribution is -2.53. The van der Waals surface area contributed by atoms with E-state index in [2.05, 4.69) is 9.80 Å². The highest BCUT2D eigenvalue weighted by Crippen LogP contribution is 2.32. The van der Waals surface area contributed by atoms with Gasteiger partial charge in [0.15, 0.2) is 0 Å². The first-order valence-electron chi connectivity index (χ1n) is 10.2. The van der Waals surface area contributed by atoms with Crippen LogP contribution >= 0.6 is 0 Å². The van der Waals surface area contributed by atoms with Gasteiger partial charge in [-0.25, -0.2) is 8.42 Å². The van der Waals surface area contributed by atoms with E-state index in [0.29, 0.717) is 32.0 Å². The molecule has 26 heavy (non-hydrogen) atoms. The number of sulfone groups is 1. The number of carbonyl (C=O) groups is 1. The molecule has 1 amide bonds. The number of carbonyl (C=O) groups excluding carboxylic acids is 1. The lowest BCUT2D eigenvalue weighted by molar-refractivity contribution is -0.132. The summed E-state index contributed by atoms with van der Waals surface area (Å²) in [4.78, 5) is 16.9. The molecule has 2 aliphatic heterocycles. The van der Waals surface area contributed by atoms with Gasteiger partial charge in [-0.3, -0.25) is 4.79 Å². The molecule has 2 heterocycles. The standard InChI is InChI=1S/C19H34N2O4S/c1-26(23,24)14-12-20-10-8-19(9-11-20)16-21(18(22)7-13-25-19)15-17-5-3-2-4-6-17/h17H,2-16H2,1H3. The van der Waals surface area contributed by atoms with Crippen molar-refractivity contribution in [1.82, 2.24) is 9.80 Å². The van der Waals surface area contributed by atoms with Crippen LogP contribution in [0.2, 0.25) is 0 Å². The number of rotatable bonds is 5. The van der Waals surface area contributed by atoms with E-state index in [9.17, 15) is 13.2 Å². The fourth-order valence-electron chi connectivity index (χ4n) is 4.62. The summed E-state index contributed by atoms with van der Waals surface area (Å²) in [7, 11) is -2.92. The van der Waals surface area contributed by atoms with Crippen molar-refractivity contribution in [1.29, 1.82) is 0 Å². The topological polar surface area (TPSA) is 66.9 Å². The molecule has 6 nitrogen and oxygen atoms in total. The summed E-state index contributed by atoms with van der Waals surface area (Å²) < 4.78 is 29.0. The zero-order valence-electron chi connectivity index (χ0n) is 16.1. The predicted molar refractivity (Wildman–Crippen MR) is 102 cm³/mol. The van der Waals surface area contributed by atoms with Crippen molar-refractivity contribution < 1.29 is 17.9 Å². The minimum atomic E-state index is -2.92. The van der Waals surface area contributed by atoms with E-state index < -0.39 is 9.84 Å². The number of likely N-dealkylation sites (tertiary alicyclic amines) is 1. The Bertz CT molecular complexity index is 578. The Morgan fingerprint density at radius 1 is 1.15 bits per heavy atom. The Hall–Kier alpha value is -0.660. The highest BCUT2D eigenvalue weighted by atomic mass is 32.2. The van der Waals surface area contributed by atoms with Crippen molar-refractivity contribution >= 4 is 15.7 Å². The van der Waals surface area contributed by atoms with Crippen molar-refractivity contribution in [2.75, 3.05) is 51.3 Å². The summed E-state index contributed by atoms with van der Waals surface area (Å²) in [6.45, 7) is 4.41. The number of hydrogen-bond acceptors (Lipinski definition) is 5. The molecule has 3 fully saturated rings. The zero-order valence-corrected chi connectivity index (χ0v) is 16.9. The maximum absolute atomic E-state index is 12.6. The van der Waals surface area contributed by atoms with Crippen LogP contribution in [0.5, 0.6) is 0 Å². The number of nitrogens with zero attached hydrogens (tertiary/aromatic N) is 2. The maximum atomic E-state index is 12.6. The summed E-state index contributed by atoms with van der Waals surface area (Å²) in [6.07, 6.45) is 9.96. The molecule has 0 atom stereocenters. The average molecular weight is 387 g/mol. The van der Waals surface area contributed by atoms with E-state index in [1.54, 1.807) is 0 Å². The summed E-state index contributed by atoms with van der Waals surface area (Å²) in [6, 6.07) is 0. The van der Waals surface area contributed by atoms with Crippen LogP contribution in [0.25, 0.3) is 0 Å². The molecule has 150 valence electrons. The van der Waals surface area contributed by atoms with Gasteiger partial charge >= 0.3 is 0 Å². The Morgan fingerprint density at radius 2 is 1.85 bits per heavy atom. The van der Waals surface area contributed by atoms with Crippen LogP contribution in [-0.4, -0.2) is 81.1 Å². The number of amides is 1. The van der Waals surface area contributed by atoms with E-state index in [4.69, 9.17) is 4.74 Å². The Morgan fingerprint density at radius 3 is 2.50 bits per heavy atom. The van der Waals surface area contributed by atoms with E-state index in [1.165, 1.54) is 38.4 Å². The number of piperidine rings is 1. The zero-order chi connectivity index (χ0) is 18.6. The number of hydrogen-bond donors (Lipinski definition) is 0. The van der Waals surface area contributed by atoms with Crippen LogP contribution < -0.4 is 0 Å². The van der Waals surface area contributed by atoms with Gasteiger partial charge in [-0.05, 0) is 31.6 Å². The first-order valence-corrected chi connectivity index (χ1v) is 12.2. The summed E-state index contributed by atoms with van der Waals surface area (Å²) in [5.74, 6) is 1.11. The molecule has 0 unspecified atom stereocenters. The van der Waals surface area contributed by atoms with E-state index in [-0.39, 0.29) is 17.3 Å². The van der Waals surface area contributed by atoms with Crippen LogP contribution in [0.3, 0.4) is 0 Å². The predicted octanol–water partition coefficient (Wildman–Crippen LogP) is 1.69. The van der Waals surface area contributed by atoms with Gasteiger partial charge in [0.2, 0.25) is 5.91 Å². The fraction of sp³-hybridized carbons (Fsp3) is 0.947. The van der Waals surface area contributed by atoms with Gasteiger partial charge in [-0.1, -0.05) is 19.3 Å². The summed E-state index contributed by atoms with van der Waals surface area (Å²) in [5, 5.41) is 0. The Balaban J connectivity index is 1.56. The molecule has 0 radical (unpaired) electrons. The van der Waals surface area contributed by atoms with Gasteiger partial charge in [-0.15, -0.1) is 0 Å². The van der Waals surface area contributed by atoms with Crippen molar-refractivity contribution in [2.45, 2.75) is 57.0 Å². The second kappa shape index (κ2) is 8.57. The van der Waals surface area contributed by atoms with E-state index in [0.717, 1.165) is 32.5 Å². The highest BCUT2D eigenvalue weighted by molar-refractivity contribution is 7.90. The molecule has 1 aliphatic carbocycles. The normalized spacial score (nSPS) is 26.2. The van der Waals surface area contributed by atoms with Crippen molar-refractivity contribution in [3.05, 3.63) is 0 Å². The molecule has 0 N–H and O–H groups in total. The third-order valence-electron chi connectivity index (χ3n) is 6.30. The van der Waals surface area contributed by atoms with Crippen LogP contribution in [0.15, 0.2) is 0 Å². The highest BCUT2D eigenvalue weighted by Gasteiger charge is 2.40. The van der Waals surface area contributed by atoms with Gasteiger partial charge in [0.05, 0.1) is 24.4 Å². The quantitative estimate of drug-likeness (QED) is 0.719. The van der Waals surface area contributed by atoms with Crippen molar-refractivity contribution in [3.8, 4) is 0 Å². The molecule has 1 saturated carbocycles. The smallest absolute Gasteiger partial charge is 0.224 e. The monoisotopic (exact) mass is 386 g/mol. The van der Waals surface area contributed by atoms with Gasteiger partial charge in [0.1, 0.15) is 9.84 Å². The first-order chi connectivity index (χ1) is 12.4. The third kappa shape index (κ3) is 5.67. The Labute approximate surface area is 158 Å². The molecule has 7 heteroatoms. The van der Waals surface area contributed by atoms with Gasteiger partial charge < -0.3 is 14.5 Å². The van der Waals surface area contributed by atoms with Crippen molar-refractivity contribution in [3.63, 3.8) is 0 Å². The molecule has 0 bridgehead atoms. The molecule has 3 rings (SSSR count). The molecular formula is C19H34N2O4S. The second-order valence-corrected chi connectivity index (χ2v) is 10.8. The van der Waals surface area contributed by atoms with Gasteiger partial charge in [0, 0.05) is 39.0 Å². The summed E-state index contributed by atoms with van der Waals surface area (Å²) >= 11 is 0. The molecule has 1 spiro atoms. The van der Waals surface area contributed by atoms with Gasteiger partial charge in [0.25, 0.3) is 0 Å². The van der Waals surface area contributed by atoms with E-state index >= 15 is 0 Å². The molecule has 2 saturated heterocycles. The second-order valence-electron chi connectivity index (χ2n) is 8.53.